The monoisotopic (exact) mass is 222 g/mol. The lowest BCUT2D eigenvalue weighted by molar-refractivity contribution is 0.0595. The van der Waals surface area contributed by atoms with Crippen molar-refractivity contribution >= 4 is 5.97 Å². The Balaban J connectivity index is 2.66. The molecule has 1 aromatic rings. The molecular weight excluding hydrogens is 208 g/mol. The third-order valence-electron chi connectivity index (χ3n) is 2.74. The molecule has 0 saturated heterocycles. The van der Waals surface area contributed by atoms with E-state index in [4.69, 9.17) is 14.2 Å². The van der Waals surface area contributed by atoms with E-state index in [-0.39, 0.29) is 5.97 Å². The van der Waals surface area contributed by atoms with Crippen molar-refractivity contribution in [1.82, 2.24) is 0 Å². The van der Waals surface area contributed by atoms with E-state index < -0.39 is 0 Å². The molecular formula is C12H14O4. The van der Waals surface area contributed by atoms with Crippen LogP contribution in [0.1, 0.15) is 21.5 Å². The van der Waals surface area contributed by atoms with Gasteiger partial charge in [-0.2, -0.15) is 0 Å². The molecule has 0 unspecified atom stereocenters. The highest BCUT2D eigenvalue weighted by Gasteiger charge is 2.26. The first-order valence-corrected chi connectivity index (χ1v) is 5.10. The molecule has 16 heavy (non-hydrogen) atoms. The smallest absolute Gasteiger partial charge is 0.342 e. The maximum atomic E-state index is 11.7. The van der Waals surface area contributed by atoms with Gasteiger partial charge < -0.3 is 14.2 Å². The van der Waals surface area contributed by atoms with E-state index in [1.807, 2.05) is 13.0 Å². The fraction of sp³-hybridized carbons (Fsp3) is 0.417. The van der Waals surface area contributed by atoms with Crippen LogP contribution in [0.3, 0.4) is 0 Å². The molecule has 0 spiro atoms. The Morgan fingerprint density at radius 1 is 1.44 bits per heavy atom. The van der Waals surface area contributed by atoms with Crippen molar-refractivity contribution < 1.29 is 19.0 Å². The molecule has 0 fully saturated rings. The first-order chi connectivity index (χ1) is 7.69. The van der Waals surface area contributed by atoms with E-state index in [2.05, 4.69) is 0 Å². The molecule has 1 heterocycles. The highest BCUT2D eigenvalue weighted by molar-refractivity contribution is 5.95. The second-order valence-electron chi connectivity index (χ2n) is 3.67. The van der Waals surface area contributed by atoms with Crippen LogP contribution in [-0.2, 0) is 11.2 Å². The molecule has 0 amide bonds. The predicted octanol–water partition coefficient (Wildman–Crippen LogP) is 1.73. The molecule has 4 nitrogen and oxygen atoms in total. The Bertz CT molecular complexity index is 433. The lowest BCUT2D eigenvalue weighted by Gasteiger charge is -2.13. The summed E-state index contributed by atoms with van der Waals surface area (Å²) >= 11 is 0. The highest BCUT2D eigenvalue weighted by Crippen LogP contribution is 2.37. The summed E-state index contributed by atoms with van der Waals surface area (Å²) in [5, 5.41) is 0. The molecule has 0 atom stereocenters. The van der Waals surface area contributed by atoms with Crippen LogP contribution in [0.4, 0.5) is 0 Å². The third kappa shape index (κ3) is 1.50. The van der Waals surface area contributed by atoms with Crippen molar-refractivity contribution in [2.45, 2.75) is 13.3 Å². The molecule has 1 aromatic carbocycles. The minimum absolute atomic E-state index is 0.373. The molecule has 0 radical (unpaired) electrons. The summed E-state index contributed by atoms with van der Waals surface area (Å²) in [5.74, 6) is 0.970. The van der Waals surface area contributed by atoms with Crippen LogP contribution in [0.2, 0.25) is 0 Å². The fourth-order valence-electron chi connectivity index (χ4n) is 2.03. The van der Waals surface area contributed by atoms with E-state index in [9.17, 15) is 4.79 Å². The molecule has 0 saturated carbocycles. The van der Waals surface area contributed by atoms with Gasteiger partial charge in [-0.1, -0.05) is 0 Å². The number of carbonyl (C=O) groups excluding carboxylic acids is 1. The Morgan fingerprint density at radius 3 is 2.81 bits per heavy atom. The third-order valence-corrected chi connectivity index (χ3v) is 2.74. The normalized spacial score (nSPS) is 12.9. The Hall–Kier alpha value is -1.71. The molecule has 0 aliphatic carbocycles. The molecule has 0 N–H and O–H groups in total. The van der Waals surface area contributed by atoms with Crippen molar-refractivity contribution in [3.8, 4) is 11.5 Å². The highest BCUT2D eigenvalue weighted by atomic mass is 16.5. The quantitative estimate of drug-likeness (QED) is 0.715. The fourth-order valence-corrected chi connectivity index (χ4v) is 2.03. The van der Waals surface area contributed by atoms with Crippen molar-refractivity contribution in [3.63, 3.8) is 0 Å². The summed E-state index contributed by atoms with van der Waals surface area (Å²) in [6.07, 6.45) is 0.719. The number of ether oxygens (including phenoxy) is 3. The van der Waals surface area contributed by atoms with E-state index in [1.54, 1.807) is 7.11 Å². The zero-order valence-corrected chi connectivity index (χ0v) is 9.62. The average Bonchev–Trinajstić information content (AvgIpc) is 2.73. The van der Waals surface area contributed by atoms with Crippen molar-refractivity contribution in [2.24, 2.45) is 0 Å². The number of benzene rings is 1. The van der Waals surface area contributed by atoms with Gasteiger partial charge in [0.05, 0.1) is 20.8 Å². The molecule has 1 aliphatic rings. The molecule has 4 heteroatoms. The molecule has 2 rings (SSSR count). The van der Waals surface area contributed by atoms with Crippen LogP contribution in [0.25, 0.3) is 0 Å². The van der Waals surface area contributed by atoms with Crippen molar-refractivity contribution in [3.05, 3.63) is 22.8 Å². The largest absolute Gasteiger partial charge is 0.496 e. The van der Waals surface area contributed by atoms with Gasteiger partial charge in [0.25, 0.3) is 0 Å². The van der Waals surface area contributed by atoms with Crippen molar-refractivity contribution in [2.75, 3.05) is 20.8 Å². The Labute approximate surface area is 94.1 Å². The molecule has 86 valence electrons. The van der Waals surface area contributed by atoms with Gasteiger partial charge in [0.1, 0.15) is 17.1 Å². The van der Waals surface area contributed by atoms with Gasteiger partial charge in [-0.25, -0.2) is 4.79 Å². The lowest BCUT2D eigenvalue weighted by Crippen LogP contribution is -2.08. The number of fused-ring (bicyclic) bond motifs is 1. The number of esters is 1. The summed E-state index contributed by atoms with van der Waals surface area (Å²) < 4.78 is 15.5. The van der Waals surface area contributed by atoms with Crippen molar-refractivity contribution in [1.29, 1.82) is 0 Å². The number of aryl methyl sites for hydroxylation is 1. The zero-order chi connectivity index (χ0) is 11.7. The van der Waals surface area contributed by atoms with Gasteiger partial charge in [0, 0.05) is 12.0 Å². The predicted molar refractivity (Wildman–Crippen MR) is 58.3 cm³/mol. The summed E-state index contributed by atoms with van der Waals surface area (Å²) in [4.78, 5) is 11.7. The van der Waals surface area contributed by atoms with Crippen LogP contribution >= 0.6 is 0 Å². The number of rotatable bonds is 2. The topological polar surface area (TPSA) is 44.8 Å². The molecule has 0 aromatic heterocycles. The summed E-state index contributed by atoms with van der Waals surface area (Å²) in [7, 11) is 2.92. The van der Waals surface area contributed by atoms with Crippen LogP contribution in [0.5, 0.6) is 11.5 Å². The van der Waals surface area contributed by atoms with Gasteiger partial charge in [0.15, 0.2) is 0 Å². The Morgan fingerprint density at radius 2 is 2.19 bits per heavy atom. The summed E-state index contributed by atoms with van der Waals surface area (Å²) in [5.41, 5.74) is 2.26. The van der Waals surface area contributed by atoms with Gasteiger partial charge in [-0.05, 0) is 18.6 Å². The average molecular weight is 222 g/mol. The van der Waals surface area contributed by atoms with Gasteiger partial charge in [-0.15, -0.1) is 0 Å². The standard InChI is InChI=1S/C12H14O4/c1-7-6-9-8(4-5-16-9)10(11(7)14-2)12(13)15-3/h6H,4-5H2,1-3H3. The number of carbonyl (C=O) groups is 1. The number of hydrogen-bond donors (Lipinski definition) is 0. The lowest BCUT2D eigenvalue weighted by atomic mass is 10.0. The molecule has 0 bridgehead atoms. The zero-order valence-electron chi connectivity index (χ0n) is 9.62. The van der Waals surface area contributed by atoms with E-state index in [1.165, 1.54) is 7.11 Å². The first kappa shape index (κ1) is 10.8. The maximum absolute atomic E-state index is 11.7. The van der Waals surface area contributed by atoms with Crippen LogP contribution < -0.4 is 9.47 Å². The number of hydrogen-bond acceptors (Lipinski definition) is 4. The first-order valence-electron chi connectivity index (χ1n) is 5.10. The summed E-state index contributed by atoms with van der Waals surface area (Å²) in [6, 6.07) is 1.90. The van der Waals surface area contributed by atoms with E-state index >= 15 is 0 Å². The molecule has 1 aliphatic heterocycles. The van der Waals surface area contributed by atoms with E-state index in [0.717, 1.165) is 23.3 Å². The maximum Gasteiger partial charge on any atom is 0.342 e. The second kappa shape index (κ2) is 4.04. The van der Waals surface area contributed by atoms with Crippen LogP contribution in [0.15, 0.2) is 6.07 Å². The van der Waals surface area contributed by atoms with Crippen LogP contribution in [0, 0.1) is 6.92 Å². The van der Waals surface area contributed by atoms with Gasteiger partial charge in [0.2, 0.25) is 0 Å². The SMILES string of the molecule is COC(=O)c1c2c(cc(C)c1OC)OCC2. The van der Waals surface area contributed by atoms with Gasteiger partial charge in [-0.3, -0.25) is 0 Å². The van der Waals surface area contributed by atoms with Gasteiger partial charge >= 0.3 is 5.97 Å². The Kier molecular flexibility index (Phi) is 2.73. The number of methoxy groups -OCH3 is 2. The minimum Gasteiger partial charge on any atom is -0.496 e. The second-order valence-corrected chi connectivity index (χ2v) is 3.67. The minimum atomic E-state index is -0.373. The van der Waals surface area contributed by atoms with Crippen LogP contribution in [-0.4, -0.2) is 26.8 Å². The summed E-state index contributed by atoms with van der Waals surface area (Å²) in [6.45, 7) is 2.49. The van der Waals surface area contributed by atoms with E-state index in [0.29, 0.717) is 17.9 Å².